The first-order valence-corrected chi connectivity index (χ1v) is 8.75. The summed E-state index contributed by atoms with van der Waals surface area (Å²) < 4.78 is 15.9. The molecule has 8 heteroatoms. The van der Waals surface area contributed by atoms with Gasteiger partial charge >= 0.3 is 0 Å². The van der Waals surface area contributed by atoms with E-state index < -0.39 is 0 Å². The lowest BCUT2D eigenvalue weighted by Gasteiger charge is -2.08. The van der Waals surface area contributed by atoms with Crippen molar-refractivity contribution >= 4 is 11.8 Å². The number of benzene rings is 1. The fourth-order valence-electron chi connectivity index (χ4n) is 2.49. The normalized spacial score (nSPS) is 10.5. The molecule has 0 unspecified atom stereocenters. The number of nitrogens with zero attached hydrogens (tertiary/aromatic N) is 1. The third-order valence-corrected chi connectivity index (χ3v) is 4.13. The number of aryl methyl sites for hydroxylation is 2. The fourth-order valence-corrected chi connectivity index (χ4v) is 2.49. The van der Waals surface area contributed by atoms with Crippen LogP contribution in [0.5, 0.6) is 5.75 Å². The standard InChI is InChI=1S/C20H21N3O5/c1-13-18(14(2)28-23-13)12-27-16-7-5-15(6-8-16)20(25)22-11-19(24)21-10-17-4-3-9-26-17/h3-9H,10-12H2,1-2H3,(H,21,24)(H,22,25). The molecule has 0 spiro atoms. The number of aromatic nitrogens is 1. The van der Waals surface area contributed by atoms with Crippen LogP contribution in [-0.2, 0) is 17.9 Å². The van der Waals surface area contributed by atoms with Crippen molar-refractivity contribution in [2.75, 3.05) is 6.54 Å². The van der Waals surface area contributed by atoms with Gasteiger partial charge in [-0.25, -0.2) is 0 Å². The Morgan fingerprint density at radius 1 is 1.11 bits per heavy atom. The minimum atomic E-state index is -0.342. The third-order valence-electron chi connectivity index (χ3n) is 4.13. The number of rotatable bonds is 8. The Balaban J connectivity index is 1.44. The molecule has 146 valence electrons. The fraction of sp³-hybridized carbons (Fsp3) is 0.250. The lowest BCUT2D eigenvalue weighted by atomic mass is 10.2. The lowest BCUT2D eigenvalue weighted by molar-refractivity contribution is -0.120. The Morgan fingerprint density at radius 2 is 1.89 bits per heavy atom. The average molecular weight is 383 g/mol. The molecule has 0 radical (unpaired) electrons. The number of amides is 2. The topological polar surface area (TPSA) is 107 Å². The summed E-state index contributed by atoms with van der Waals surface area (Å²) in [5.41, 5.74) is 2.13. The largest absolute Gasteiger partial charge is 0.489 e. The van der Waals surface area contributed by atoms with Crippen LogP contribution in [0.2, 0.25) is 0 Å². The van der Waals surface area contributed by atoms with E-state index in [-0.39, 0.29) is 24.9 Å². The summed E-state index contributed by atoms with van der Waals surface area (Å²) in [6.45, 7) is 4.18. The Bertz CT molecular complexity index is 910. The molecular weight excluding hydrogens is 362 g/mol. The Labute approximate surface area is 161 Å². The zero-order chi connectivity index (χ0) is 19.9. The second-order valence-corrected chi connectivity index (χ2v) is 6.15. The van der Waals surface area contributed by atoms with Gasteiger partial charge in [-0.2, -0.15) is 0 Å². The van der Waals surface area contributed by atoms with E-state index >= 15 is 0 Å². The molecule has 0 fully saturated rings. The summed E-state index contributed by atoms with van der Waals surface area (Å²) >= 11 is 0. The van der Waals surface area contributed by atoms with Crippen molar-refractivity contribution in [2.24, 2.45) is 0 Å². The third kappa shape index (κ3) is 5.00. The van der Waals surface area contributed by atoms with Crippen molar-refractivity contribution in [3.05, 3.63) is 71.0 Å². The summed E-state index contributed by atoms with van der Waals surface area (Å²) in [4.78, 5) is 23.9. The Kier molecular flexibility index (Phi) is 6.11. The van der Waals surface area contributed by atoms with Gasteiger partial charge in [0.1, 0.15) is 23.9 Å². The number of hydrogen-bond donors (Lipinski definition) is 2. The van der Waals surface area contributed by atoms with Crippen LogP contribution in [0.4, 0.5) is 0 Å². The zero-order valence-corrected chi connectivity index (χ0v) is 15.7. The van der Waals surface area contributed by atoms with Gasteiger partial charge in [-0.1, -0.05) is 5.16 Å². The molecule has 0 aliphatic carbocycles. The summed E-state index contributed by atoms with van der Waals surface area (Å²) in [6.07, 6.45) is 1.53. The average Bonchev–Trinajstić information content (AvgIpc) is 3.33. The predicted molar refractivity (Wildman–Crippen MR) is 99.6 cm³/mol. The highest BCUT2D eigenvalue weighted by Gasteiger charge is 2.11. The van der Waals surface area contributed by atoms with E-state index in [1.54, 1.807) is 36.4 Å². The van der Waals surface area contributed by atoms with Crippen molar-refractivity contribution in [3.63, 3.8) is 0 Å². The quantitative estimate of drug-likeness (QED) is 0.619. The van der Waals surface area contributed by atoms with Crippen molar-refractivity contribution in [3.8, 4) is 5.75 Å². The Hall–Kier alpha value is -3.55. The number of carbonyl (C=O) groups is 2. The molecule has 3 aromatic rings. The molecule has 2 heterocycles. The number of carbonyl (C=O) groups excluding carboxylic acids is 2. The predicted octanol–water partition coefficient (Wildman–Crippen LogP) is 2.51. The molecule has 0 atom stereocenters. The van der Waals surface area contributed by atoms with E-state index in [0.717, 1.165) is 17.0 Å². The SMILES string of the molecule is Cc1noc(C)c1COc1ccc(C(=O)NCC(=O)NCc2ccco2)cc1. The van der Waals surface area contributed by atoms with Crippen LogP contribution in [0.15, 0.2) is 51.6 Å². The minimum absolute atomic E-state index is 0.121. The van der Waals surface area contributed by atoms with Gasteiger partial charge < -0.3 is 24.3 Å². The van der Waals surface area contributed by atoms with E-state index in [9.17, 15) is 9.59 Å². The molecular formula is C20H21N3O5. The maximum absolute atomic E-state index is 12.2. The van der Waals surface area contributed by atoms with Crippen LogP contribution in [-0.4, -0.2) is 23.5 Å². The van der Waals surface area contributed by atoms with Crippen LogP contribution in [0.1, 0.15) is 33.1 Å². The van der Waals surface area contributed by atoms with E-state index in [4.69, 9.17) is 13.7 Å². The summed E-state index contributed by atoms with van der Waals surface area (Å²) in [6, 6.07) is 10.2. The number of nitrogens with one attached hydrogen (secondary N) is 2. The molecule has 2 aromatic heterocycles. The summed E-state index contributed by atoms with van der Waals surface area (Å²) in [7, 11) is 0. The molecule has 0 aliphatic rings. The highest BCUT2D eigenvalue weighted by atomic mass is 16.5. The van der Waals surface area contributed by atoms with Crippen molar-refractivity contribution in [2.45, 2.75) is 27.0 Å². The molecule has 0 saturated carbocycles. The highest BCUT2D eigenvalue weighted by molar-refractivity contribution is 5.96. The first-order chi connectivity index (χ1) is 13.5. The second-order valence-electron chi connectivity index (χ2n) is 6.15. The second kappa shape index (κ2) is 8.90. The van der Waals surface area contributed by atoms with Crippen LogP contribution in [0, 0.1) is 13.8 Å². The Morgan fingerprint density at radius 3 is 2.54 bits per heavy atom. The molecule has 8 nitrogen and oxygen atoms in total. The van der Waals surface area contributed by atoms with Gasteiger partial charge in [-0.05, 0) is 50.2 Å². The number of ether oxygens (including phenoxy) is 1. The zero-order valence-electron chi connectivity index (χ0n) is 15.7. The maximum atomic E-state index is 12.2. The number of hydrogen-bond acceptors (Lipinski definition) is 6. The van der Waals surface area contributed by atoms with Gasteiger partial charge in [0, 0.05) is 5.56 Å². The molecule has 0 saturated heterocycles. The van der Waals surface area contributed by atoms with Crippen LogP contribution in [0.25, 0.3) is 0 Å². The van der Waals surface area contributed by atoms with Gasteiger partial charge in [0.15, 0.2) is 0 Å². The monoisotopic (exact) mass is 383 g/mol. The first kappa shape index (κ1) is 19.2. The smallest absolute Gasteiger partial charge is 0.251 e. The highest BCUT2D eigenvalue weighted by Crippen LogP contribution is 2.18. The summed E-state index contributed by atoms with van der Waals surface area (Å²) in [5.74, 6) is 1.34. The molecule has 1 aromatic carbocycles. The van der Waals surface area contributed by atoms with Gasteiger partial charge in [-0.15, -0.1) is 0 Å². The molecule has 2 N–H and O–H groups in total. The first-order valence-electron chi connectivity index (χ1n) is 8.75. The van der Waals surface area contributed by atoms with Crippen LogP contribution < -0.4 is 15.4 Å². The van der Waals surface area contributed by atoms with Crippen molar-refractivity contribution < 1.29 is 23.3 Å². The van der Waals surface area contributed by atoms with Gasteiger partial charge in [0.25, 0.3) is 5.91 Å². The van der Waals surface area contributed by atoms with E-state index in [0.29, 0.717) is 23.7 Å². The van der Waals surface area contributed by atoms with E-state index in [1.165, 1.54) is 6.26 Å². The van der Waals surface area contributed by atoms with Crippen LogP contribution in [0.3, 0.4) is 0 Å². The van der Waals surface area contributed by atoms with Gasteiger partial charge in [0.05, 0.1) is 30.6 Å². The van der Waals surface area contributed by atoms with Gasteiger partial charge in [0.2, 0.25) is 5.91 Å². The molecule has 2 amide bonds. The lowest BCUT2D eigenvalue weighted by Crippen LogP contribution is -2.36. The number of furan rings is 1. The minimum Gasteiger partial charge on any atom is -0.489 e. The van der Waals surface area contributed by atoms with E-state index in [1.807, 2.05) is 13.8 Å². The molecule has 0 aliphatic heterocycles. The van der Waals surface area contributed by atoms with Crippen molar-refractivity contribution in [1.82, 2.24) is 15.8 Å². The van der Waals surface area contributed by atoms with Crippen LogP contribution >= 0.6 is 0 Å². The summed E-state index contributed by atoms with van der Waals surface area (Å²) in [5, 5.41) is 9.12. The molecule has 28 heavy (non-hydrogen) atoms. The van der Waals surface area contributed by atoms with Gasteiger partial charge in [-0.3, -0.25) is 9.59 Å². The molecule has 0 bridgehead atoms. The van der Waals surface area contributed by atoms with E-state index in [2.05, 4.69) is 15.8 Å². The van der Waals surface area contributed by atoms with Crippen molar-refractivity contribution in [1.29, 1.82) is 0 Å². The maximum Gasteiger partial charge on any atom is 0.251 e. The molecule has 3 rings (SSSR count).